The highest BCUT2D eigenvalue weighted by atomic mass is 16.5. The van der Waals surface area contributed by atoms with Crippen LogP contribution in [0.25, 0.3) is 0 Å². The van der Waals surface area contributed by atoms with Gasteiger partial charge < -0.3 is 15.4 Å². The van der Waals surface area contributed by atoms with Crippen LogP contribution in [0.4, 0.5) is 11.5 Å². The molecule has 0 aliphatic rings. The Morgan fingerprint density at radius 3 is 2.42 bits per heavy atom. The first-order chi connectivity index (χ1) is 12.6. The first-order valence-corrected chi connectivity index (χ1v) is 8.47. The van der Waals surface area contributed by atoms with Crippen molar-refractivity contribution in [2.45, 2.75) is 19.9 Å². The zero-order chi connectivity index (χ0) is 18.4. The molecule has 0 bridgehead atoms. The molecule has 0 radical (unpaired) electrons. The smallest absolute Gasteiger partial charge is 0.257 e. The largest absolute Gasteiger partial charge is 0.457 e. The summed E-state index contributed by atoms with van der Waals surface area (Å²) in [6.07, 6.45) is 1.56. The van der Waals surface area contributed by atoms with Crippen molar-refractivity contribution in [1.82, 2.24) is 4.98 Å². The fourth-order valence-electron chi connectivity index (χ4n) is 2.37. The molecule has 2 N–H and O–H groups in total. The number of rotatable bonds is 6. The van der Waals surface area contributed by atoms with Gasteiger partial charge in [0.1, 0.15) is 17.3 Å². The Kier molecular flexibility index (Phi) is 5.49. The van der Waals surface area contributed by atoms with Crippen LogP contribution in [-0.2, 0) is 0 Å². The zero-order valence-corrected chi connectivity index (χ0v) is 14.8. The van der Waals surface area contributed by atoms with E-state index in [2.05, 4.69) is 15.6 Å². The predicted molar refractivity (Wildman–Crippen MR) is 104 cm³/mol. The molecule has 1 amide bonds. The Bertz CT molecular complexity index is 862. The first-order valence-electron chi connectivity index (χ1n) is 8.47. The van der Waals surface area contributed by atoms with Gasteiger partial charge >= 0.3 is 0 Å². The van der Waals surface area contributed by atoms with Gasteiger partial charge in [-0.05, 0) is 50.2 Å². The highest BCUT2D eigenvalue weighted by molar-refractivity contribution is 6.04. The summed E-state index contributed by atoms with van der Waals surface area (Å²) in [7, 11) is 0. The standard InChI is InChI=1S/C21H21N3O2/c1-15(2)23-20-12-11-16(14-22-20)21(25)24-17-7-6-10-19(13-17)26-18-8-4-3-5-9-18/h3-15H,1-2H3,(H,22,23)(H,24,25). The summed E-state index contributed by atoms with van der Waals surface area (Å²) in [6.45, 7) is 4.07. The highest BCUT2D eigenvalue weighted by Crippen LogP contribution is 2.24. The van der Waals surface area contributed by atoms with Crippen molar-refractivity contribution >= 4 is 17.4 Å². The maximum Gasteiger partial charge on any atom is 0.257 e. The number of pyridine rings is 1. The summed E-state index contributed by atoms with van der Waals surface area (Å²) in [6, 6.07) is 20.6. The first kappa shape index (κ1) is 17.5. The van der Waals surface area contributed by atoms with Crippen LogP contribution in [0.1, 0.15) is 24.2 Å². The Morgan fingerprint density at radius 2 is 1.73 bits per heavy atom. The number of benzene rings is 2. The number of amides is 1. The van der Waals surface area contributed by atoms with Crippen LogP contribution in [-0.4, -0.2) is 16.9 Å². The highest BCUT2D eigenvalue weighted by Gasteiger charge is 2.08. The summed E-state index contributed by atoms with van der Waals surface area (Å²) < 4.78 is 5.79. The van der Waals surface area contributed by atoms with Crippen LogP contribution < -0.4 is 15.4 Å². The minimum absolute atomic E-state index is 0.217. The summed E-state index contributed by atoms with van der Waals surface area (Å²) in [4.78, 5) is 16.7. The molecule has 3 aromatic rings. The van der Waals surface area contributed by atoms with Crippen LogP contribution in [0.3, 0.4) is 0 Å². The molecule has 2 aromatic carbocycles. The van der Waals surface area contributed by atoms with Gasteiger partial charge in [-0.15, -0.1) is 0 Å². The number of hydrogen-bond acceptors (Lipinski definition) is 4. The Morgan fingerprint density at radius 1 is 0.962 bits per heavy atom. The molecule has 3 rings (SSSR count). The summed E-state index contributed by atoms with van der Waals surface area (Å²) in [5.74, 6) is 1.93. The number of anilines is 2. The van der Waals surface area contributed by atoms with Gasteiger partial charge in [0.2, 0.25) is 0 Å². The second-order valence-electron chi connectivity index (χ2n) is 6.13. The molecule has 0 spiro atoms. The normalized spacial score (nSPS) is 10.4. The van der Waals surface area contributed by atoms with Crippen molar-refractivity contribution in [2.75, 3.05) is 10.6 Å². The second-order valence-corrected chi connectivity index (χ2v) is 6.13. The van der Waals surface area contributed by atoms with E-state index in [-0.39, 0.29) is 11.9 Å². The number of nitrogens with zero attached hydrogens (tertiary/aromatic N) is 1. The van der Waals surface area contributed by atoms with Gasteiger partial charge in [-0.1, -0.05) is 24.3 Å². The van der Waals surface area contributed by atoms with Gasteiger partial charge in [-0.2, -0.15) is 0 Å². The molecule has 0 unspecified atom stereocenters. The Hall–Kier alpha value is -3.34. The lowest BCUT2D eigenvalue weighted by atomic mass is 10.2. The van der Waals surface area contributed by atoms with E-state index >= 15 is 0 Å². The van der Waals surface area contributed by atoms with E-state index in [4.69, 9.17) is 4.74 Å². The third kappa shape index (κ3) is 4.83. The molecule has 0 aliphatic heterocycles. The van der Waals surface area contributed by atoms with E-state index in [1.807, 2.05) is 62.4 Å². The molecular formula is C21H21N3O2. The van der Waals surface area contributed by atoms with E-state index in [1.54, 1.807) is 24.4 Å². The van der Waals surface area contributed by atoms with Crippen LogP contribution in [0.2, 0.25) is 0 Å². The van der Waals surface area contributed by atoms with E-state index in [0.29, 0.717) is 17.0 Å². The van der Waals surface area contributed by atoms with E-state index in [1.165, 1.54) is 0 Å². The molecule has 5 heteroatoms. The Labute approximate surface area is 153 Å². The van der Waals surface area contributed by atoms with E-state index < -0.39 is 0 Å². The average molecular weight is 347 g/mol. The molecule has 26 heavy (non-hydrogen) atoms. The molecule has 132 valence electrons. The van der Waals surface area contributed by atoms with Crippen LogP contribution in [0.15, 0.2) is 72.9 Å². The van der Waals surface area contributed by atoms with Crippen molar-refractivity contribution in [2.24, 2.45) is 0 Å². The molecule has 0 saturated carbocycles. The van der Waals surface area contributed by atoms with Crippen LogP contribution in [0.5, 0.6) is 11.5 Å². The molecule has 0 saturated heterocycles. The monoisotopic (exact) mass is 347 g/mol. The number of aromatic nitrogens is 1. The number of hydrogen-bond donors (Lipinski definition) is 2. The lowest BCUT2D eigenvalue weighted by molar-refractivity contribution is 0.102. The topological polar surface area (TPSA) is 63.2 Å². The van der Waals surface area contributed by atoms with Gasteiger partial charge in [0.05, 0.1) is 5.56 Å². The average Bonchev–Trinajstić information content (AvgIpc) is 2.63. The zero-order valence-electron chi connectivity index (χ0n) is 14.8. The number of nitrogens with one attached hydrogen (secondary N) is 2. The maximum atomic E-state index is 12.4. The maximum absolute atomic E-state index is 12.4. The minimum Gasteiger partial charge on any atom is -0.457 e. The lowest BCUT2D eigenvalue weighted by Crippen LogP contribution is -2.14. The van der Waals surface area contributed by atoms with Crippen LogP contribution in [0, 0.1) is 0 Å². The third-order valence-electron chi connectivity index (χ3n) is 3.53. The van der Waals surface area contributed by atoms with Gasteiger partial charge in [-0.25, -0.2) is 4.98 Å². The number of ether oxygens (including phenoxy) is 1. The number of carbonyl (C=O) groups is 1. The molecule has 0 fully saturated rings. The molecule has 5 nitrogen and oxygen atoms in total. The quantitative estimate of drug-likeness (QED) is 0.662. The molecule has 1 heterocycles. The van der Waals surface area contributed by atoms with E-state index in [9.17, 15) is 4.79 Å². The van der Waals surface area contributed by atoms with Crippen molar-refractivity contribution in [3.05, 3.63) is 78.5 Å². The summed E-state index contributed by atoms with van der Waals surface area (Å²) in [5, 5.41) is 6.06. The SMILES string of the molecule is CC(C)Nc1ccc(C(=O)Nc2cccc(Oc3ccccc3)c2)cn1. The lowest BCUT2D eigenvalue weighted by Gasteiger charge is -2.10. The van der Waals surface area contributed by atoms with Gasteiger partial charge in [0.25, 0.3) is 5.91 Å². The fraction of sp³-hybridized carbons (Fsp3) is 0.143. The predicted octanol–water partition coefficient (Wildman–Crippen LogP) is 4.95. The second kappa shape index (κ2) is 8.16. The van der Waals surface area contributed by atoms with Crippen molar-refractivity contribution in [1.29, 1.82) is 0 Å². The van der Waals surface area contributed by atoms with Crippen LogP contribution >= 0.6 is 0 Å². The molecular weight excluding hydrogens is 326 g/mol. The third-order valence-corrected chi connectivity index (χ3v) is 3.53. The van der Waals surface area contributed by atoms with Gasteiger partial charge in [0.15, 0.2) is 0 Å². The number of carbonyl (C=O) groups excluding carboxylic acids is 1. The fourth-order valence-corrected chi connectivity index (χ4v) is 2.37. The Balaban J connectivity index is 1.66. The van der Waals surface area contributed by atoms with E-state index in [0.717, 1.165) is 11.6 Å². The van der Waals surface area contributed by atoms with Crippen molar-refractivity contribution < 1.29 is 9.53 Å². The summed E-state index contributed by atoms with van der Waals surface area (Å²) >= 11 is 0. The minimum atomic E-state index is -0.217. The van der Waals surface area contributed by atoms with Gasteiger partial charge in [-0.3, -0.25) is 4.79 Å². The van der Waals surface area contributed by atoms with Crippen molar-refractivity contribution in [3.8, 4) is 11.5 Å². The number of para-hydroxylation sites is 1. The molecule has 1 aromatic heterocycles. The van der Waals surface area contributed by atoms with Gasteiger partial charge in [0, 0.05) is 24.0 Å². The summed E-state index contributed by atoms with van der Waals surface area (Å²) in [5.41, 5.74) is 1.15. The molecule has 0 atom stereocenters. The molecule has 0 aliphatic carbocycles. The van der Waals surface area contributed by atoms with Crippen molar-refractivity contribution in [3.63, 3.8) is 0 Å².